The van der Waals surface area contributed by atoms with Crippen molar-refractivity contribution in [1.29, 1.82) is 0 Å². The molecular weight excluding hydrogens is 227 g/mol. The number of benzene rings is 1. The Balaban J connectivity index is 1.96. The molecule has 0 radical (unpaired) electrons. The molecule has 0 atom stereocenters. The Labute approximate surface area is 108 Å². The summed E-state index contributed by atoms with van der Waals surface area (Å²) in [6.45, 7) is 8.08. The van der Waals surface area contributed by atoms with Gasteiger partial charge < -0.3 is 14.4 Å². The molecule has 1 saturated heterocycles. The Morgan fingerprint density at radius 3 is 2.17 bits per heavy atom. The Morgan fingerprint density at radius 2 is 1.67 bits per heavy atom. The molecule has 1 aromatic carbocycles. The molecule has 1 heterocycles. The van der Waals surface area contributed by atoms with Crippen LogP contribution in [0.3, 0.4) is 0 Å². The molecule has 0 aromatic heterocycles. The maximum atomic E-state index is 10.3. The topological polar surface area (TPSA) is 38.7 Å². The van der Waals surface area contributed by atoms with Gasteiger partial charge in [0.2, 0.25) is 0 Å². The third kappa shape index (κ3) is 1.52. The van der Waals surface area contributed by atoms with E-state index in [-0.39, 0.29) is 11.2 Å². The normalized spacial score (nSPS) is 23.7. The van der Waals surface area contributed by atoms with Crippen molar-refractivity contribution in [2.75, 3.05) is 0 Å². The molecule has 1 aliphatic carbocycles. The lowest BCUT2D eigenvalue weighted by molar-refractivity contribution is 0.00578. The van der Waals surface area contributed by atoms with Crippen LogP contribution in [0.25, 0.3) is 0 Å². The highest BCUT2D eigenvalue weighted by Crippen LogP contribution is 2.38. The zero-order valence-corrected chi connectivity index (χ0v) is 11.4. The van der Waals surface area contributed by atoms with Gasteiger partial charge in [0.25, 0.3) is 0 Å². The number of phenols is 1. The number of hydrogen-bond donors (Lipinski definition) is 1. The van der Waals surface area contributed by atoms with Gasteiger partial charge in [-0.2, -0.15) is 0 Å². The fraction of sp³-hybridized carbons (Fsp3) is 0.571. The van der Waals surface area contributed by atoms with E-state index >= 15 is 0 Å². The van der Waals surface area contributed by atoms with Gasteiger partial charge in [-0.25, -0.2) is 0 Å². The van der Waals surface area contributed by atoms with Crippen LogP contribution in [0.15, 0.2) is 12.1 Å². The Morgan fingerprint density at radius 1 is 1.06 bits per heavy atom. The van der Waals surface area contributed by atoms with Crippen LogP contribution in [0, 0.1) is 0 Å². The van der Waals surface area contributed by atoms with Crippen LogP contribution in [0.1, 0.15) is 38.8 Å². The number of fused-ring (bicyclic) bond motifs is 1. The molecule has 0 amide bonds. The molecule has 4 heteroatoms. The van der Waals surface area contributed by atoms with Gasteiger partial charge in [-0.15, -0.1) is 0 Å². The van der Waals surface area contributed by atoms with Crippen LogP contribution in [0.5, 0.6) is 5.75 Å². The van der Waals surface area contributed by atoms with Crippen molar-refractivity contribution in [3.8, 4) is 5.75 Å². The first kappa shape index (κ1) is 12.1. The minimum Gasteiger partial charge on any atom is -0.508 e. The quantitative estimate of drug-likeness (QED) is 0.768. The summed E-state index contributed by atoms with van der Waals surface area (Å²) in [5, 5.41) is 10.3. The standard InChI is InChI=1S/C14H19BO3/c1-13(2)14(3,4)18-15(17-13)11-8-6-9-5-7-10(9)12(11)16/h6,8,16H,5,7H2,1-4H3. The third-order valence-electron chi connectivity index (χ3n) is 4.56. The summed E-state index contributed by atoms with van der Waals surface area (Å²) in [4.78, 5) is 0. The summed E-state index contributed by atoms with van der Waals surface area (Å²) < 4.78 is 11.9. The van der Waals surface area contributed by atoms with E-state index in [1.54, 1.807) is 0 Å². The van der Waals surface area contributed by atoms with Gasteiger partial charge in [-0.3, -0.25) is 0 Å². The molecule has 0 unspecified atom stereocenters. The minimum atomic E-state index is -0.471. The lowest BCUT2D eigenvalue weighted by Gasteiger charge is -2.32. The Hall–Kier alpha value is -0.995. The lowest BCUT2D eigenvalue weighted by atomic mass is 9.73. The molecule has 3 nitrogen and oxygen atoms in total. The molecular formula is C14H19BO3. The van der Waals surface area contributed by atoms with Gasteiger partial charge in [-0.05, 0) is 51.7 Å². The van der Waals surface area contributed by atoms with Crippen molar-refractivity contribution in [1.82, 2.24) is 0 Å². The summed E-state index contributed by atoms with van der Waals surface area (Å²) in [5.74, 6) is 0.359. The fourth-order valence-electron chi connectivity index (χ4n) is 2.45. The van der Waals surface area contributed by atoms with Crippen molar-refractivity contribution in [3.63, 3.8) is 0 Å². The fourth-order valence-corrected chi connectivity index (χ4v) is 2.45. The third-order valence-corrected chi connectivity index (χ3v) is 4.56. The first-order chi connectivity index (χ1) is 8.32. The largest absolute Gasteiger partial charge is 0.508 e. The number of phenolic OH excluding ortho intramolecular Hbond substituents is 1. The van der Waals surface area contributed by atoms with Gasteiger partial charge in [0, 0.05) is 5.46 Å². The summed E-state index contributed by atoms with van der Waals surface area (Å²) in [5.41, 5.74) is 2.32. The van der Waals surface area contributed by atoms with Crippen LogP contribution in [0.4, 0.5) is 0 Å². The van der Waals surface area contributed by atoms with E-state index in [0.29, 0.717) is 5.75 Å². The number of rotatable bonds is 1. The number of aromatic hydroxyl groups is 1. The smallest absolute Gasteiger partial charge is 0.498 e. The molecule has 1 aromatic rings. The molecule has 18 heavy (non-hydrogen) atoms. The van der Waals surface area contributed by atoms with Crippen LogP contribution >= 0.6 is 0 Å². The lowest BCUT2D eigenvalue weighted by Crippen LogP contribution is -2.41. The van der Waals surface area contributed by atoms with Gasteiger partial charge in [-0.1, -0.05) is 12.1 Å². The highest BCUT2D eigenvalue weighted by Gasteiger charge is 2.52. The van der Waals surface area contributed by atoms with Gasteiger partial charge in [0.05, 0.1) is 11.2 Å². The summed E-state index contributed by atoms with van der Waals surface area (Å²) in [7, 11) is -0.471. The van der Waals surface area contributed by atoms with Gasteiger partial charge in [0.15, 0.2) is 0 Å². The molecule has 0 bridgehead atoms. The zero-order chi connectivity index (χ0) is 13.1. The summed E-state index contributed by atoms with van der Waals surface area (Å²) in [6.07, 6.45) is 2.01. The van der Waals surface area contributed by atoms with E-state index in [4.69, 9.17) is 9.31 Å². The molecule has 1 fully saturated rings. The second-order valence-corrected chi connectivity index (χ2v) is 6.23. The molecule has 1 aliphatic heterocycles. The first-order valence-electron chi connectivity index (χ1n) is 6.51. The van der Waals surface area contributed by atoms with E-state index < -0.39 is 7.12 Å². The molecule has 1 N–H and O–H groups in total. The summed E-state index contributed by atoms with van der Waals surface area (Å²) >= 11 is 0. The van der Waals surface area contributed by atoms with Gasteiger partial charge >= 0.3 is 7.12 Å². The van der Waals surface area contributed by atoms with Gasteiger partial charge in [0.1, 0.15) is 5.75 Å². The predicted molar refractivity (Wildman–Crippen MR) is 71.2 cm³/mol. The molecule has 3 rings (SSSR count). The minimum absolute atomic E-state index is 0.359. The zero-order valence-electron chi connectivity index (χ0n) is 11.4. The Bertz CT molecular complexity index is 492. The van der Waals surface area contributed by atoms with Crippen LogP contribution in [-0.2, 0) is 22.2 Å². The van der Waals surface area contributed by atoms with Crippen LogP contribution in [-0.4, -0.2) is 23.4 Å². The highest BCUT2D eigenvalue weighted by molar-refractivity contribution is 6.63. The van der Waals surface area contributed by atoms with Crippen molar-refractivity contribution < 1.29 is 14.4 Å². The molecule has 96 valence electrons. The first-order valence-corrected chi connectivity index (χ1v) is 6.51. The van der Waals surface area contributed by atoms with E-state index in [1.165, 1.54) is 5.56 Å². The van der Waals surface area contributed by atoms with Crippen LogP contribution < -0.4 is 5.46 Å². The monoisotopic (exact) mass is 246 g/mol. The van der Waals surface area contributed by atoms with E-state index in [0.717, 1.165) is 23.9 Å². The average Bonchev–Trinajstić information content (AvgIpc) is 2.39. The molecule has 2 aliphatic rings. The average molecular weight is 246 g/mol. The van der Waals surface area contributed by atoms with E-state index in [9.17, 15) is 5.11 Å². The maximum Gasteiger partial charge on any atom is 0.498 e. The molecule has 0 spiro atoms. The highest BCUT2D eigenvalue weighted by atomic mass is 16.7. The summed E-state index contributed by atoms with van der Waals surface area (Å²) in [6, 6.07) is 3.99. The second-order valence-electron chi connectivity index (χ2n) is 6.23. The number of aryl methyl sites for hydroxylation is 1. The van der Waals surface area contributed by atoms with Crippen molar-refractivity contribution in [2.24, 2.45) is 0 Å². The van der Waals surface area contributed by atoms with E-state index in [1.807, 2.05) is 33.8 Å². The van der Waals surface area contributed by atoms with Crippen molar-refractivity contribution in [2.45, 2.75) is 51.7 Å². The predicted octanol–water partition coefficient (Wildman–Crippen LogP) is 1.79. The van der Waals surface area contributed by atoms with Crippen LogP contribution in [0.2, 0.25) is 0 Å². The Kier molecular flexibility index (Phi) is 2.36. The van der Waals surface area contributed by atoms with E-state index in [2.05, 4.69) is 6.07 Å². The molecule has 0 saturated carbocycles. The maximum absolute atomic E-state index is 10.3. The second kappa shape index (κ2) is 3.52. The number of hydrogen-bond acceptors (Lipinski definition) is 3. The van der Waals surface area contributed by atoms with Crippen molar-refractivity contribution in [3.05, 3.63) is 23.3 Å². The van der Waals surface area contributed by atoms with Crippen molar-refractivity contribution >= 4 is 12.6 Å². The SMILES string of the molecule is CC1(C)OB(c2ccc3c(c2O)CC3)OC1(C)C.